The molecule has 0 aromatic heterocycles. The summed E-state index contributed by atoms with van der Waals surface area (Å²) in [5, 5.41) is 59.2. The van der Waals surface area contributed by atoms with Gasteiger partial charge in [-0.1, -0.05) is 6.58 Å². The lowest BCUT2D eigenvalue weighted by Gasteiger charge is -2.44. The van der Waals surface area contributed by atoms with Crippen LogP contribution in [0, 0.1) is 0 Å². The average Bonchev–Trinajstić information content (AvgIpc) is 2.39. The Morgan fingerprint density at radius 1 is 1.55 bits per heavy atom. The van der Waals surface area contributed by atoms with E-state index in [1.54, 1.807) is 0 Å². The topological polar surface area (TPSA) is 160 Å². The van der Waals surface area contributed by atoms with Crippen LogP contribution in [0.1, 0.15) is 6.42 Å². The molecule has 0 aliphatic carbocycles. The Morgan fingerprint density at radius 2 is 2.15 bits per heavy atom. The van der Waals surface area contributed by atoms with Crippen LogP contribution in [-0.4, -0.2) is 79.5 Å². The van der Waals surface area contributed by atoms with Gasteiger partial charge in [0.15, 0.2) is 0 Å². The van der Waals surface area contributed by atoms with Crippen molar-refractivity contribution >= 4 is 5.97 Å². The largest absolute Gasteiger partial charge is 0.477 e. The van der Waals surface area contributed by atoms with Crippen LogP contribution in [0.2, 0.25) is 0 Å². The smallest absolute Gasteiger partial charge is 0.364 e. The van der Waals surface area contributed by atoms with Crippen LogP contribution in [0.4, 0.5) is 0 Å². The van der Waals surface area contributed by atoms with Gasteiger partial charge in [0.1, 0.15) is 18.3 Å². The van der Waals surface area contributed by atoms with Crippen molar-refractivity contribution in [3.05, 3.63) is 12.8 Å². The molecule has 6 atom stereocenters. The molecule has 0 aromatic carbocycles. The fraction of sp³-hybridized carbons (Fsp3) is 0.727. The molecule has 7 N–H and O–H groups in total. The lowest BCUT2D eigenvalue weighted by Crippen LogP contribution is -2.66. The summed E-state index contributed by atoms with van der Waals surface area (Å²) in [5.74, 6) is -4.43. The molecule has 1 saturated heterocycles. The van der Waals surface area contributed by atoms with Gasteiger partial charge in [-0.3, -0.25) is 0 Å². The van der Waals surface area contributed by atoms with Crippen molar-refractivity contribution in [2.24, 2.45) is 0 Å². The van der Waals surface area contributed by atoms with Crippen molar-refractivity contribution in [1.29, 1.82) is 0 Å². The fourth-order valence-corrected chi connectivity index (χ4v) is 2.06. The second-order valence-electron chi connectivity index (χ2n) is 4.58. The minimum absolute atomic E-state index is 0.633. The van der Waals surface area contributed by atoms with Crippen molar-refractivity contribution in [1.82, 2.24) is 5.32 Å². The van der Waals surface area contributed by atoms with Crippen LogP contribution in [0.5, 0.6) is 0 Å². The van der Waals surface area contributed by atoms with E-state index in [1.165, 1.54) is 6.20 Å². The van der Waals surface area contributed by atoms with Gasteiger partial charge < -0.3 is 40.7 Å². The third-order valence-corrected chi connectivity index (χ3v) is 3.15. The van der Waals surface area contributed by atoms with E-state index in [2.05, 4.69) is 11.9 Å². The zero-order valence-electron chi connectivity index (χ0n) is 10.6. The highest BCUT2D eigenvalue weighted by Crippen LogP contribution is 2.30. The number of carboxylic acids is 1. The number of rotatable bonds is 6. The first-order valence-electron chi connectivity index (χ1n) is 5.92. The lowest BCUT2D eigenvalue weighted by molar-refractivity contribution is -0.294. The Kier molecular flexibility index (Phi) is 5.45. The maximum Gasteiger partial charge on any atom is 0.364 e. The van der Waals surface area contributed by atoms with Gasteiger partial charge in [-0.2, -0.15) is 0 Å². The van der Waals surface area contributed by atoms with Crippen molar-refractivity contribution in [2.75, 3.05) is 6.61 Å². The molecule has 9 heteroatoms. The fourth-order valence-electron chi connectivity index (χ4n) is 2.06. The highest BCUT2D eigenvalue weighted by molar-refractivity contribution is 5.75. The number of aliphatic carboxylic acids is 1. The van der Waals surface area contributed by atoms with Gasteiger partial charge in [0.05, 0.1) is 18.8 Å². The molecule has 0 aromatic rings. The maximum absolute atomic E-state index is 11.0. The van der Waals surface area contributed by atoms with Gasteiger partial charge >= 0.3 is 5.97 Å². The van der Waals surface area contributed by atoms with Gasteiger partial charge in [-0.05, 0) is 6.20 Å². The molecular weight excluding hydrogens is 274 g/mol. The number of aliphatic hydroxyl groups is 5. The maximum atomic E-state index is 11.0. The Hall–Kier alpha value is -1.23. The molecule has 1 heterocycles. The first-order chi connectivity index (χ1) is 9.26. The van der Waals surface area contributed by atoms with Gasteiger partial charge in [-0.15, -0.1) is 0 Å². The lowest BCUT2D eigenvalue weighted by atomic mass is 9.89. The van der Waals surface area contributed by atoms with Crippen molar-refractivity contribution in [3.8, 4) is 0 Å². The molecule has 1 rings (SSSR count). The average molecular weight is 293 g/mol. The monoisotopic (exact) mass is 293 g/mol. The molecule has 1 fully saturated rings. The Labute approximate surface area is 114 Å². The minimum Gasteiger partial charge on any atom is -0.477 e. The Bertz CT molecular complexity index is 364. The number of hydrogen-bond acceptors (Lipinski definition) is 8. The highest BCUT2D eigenvalue weighted by Gasteiger charge is 2.53. The van der Waals surface area contributed by atoms with Crippen LogP contribution in [0.15, 0.2) is 12.8 Å². The van der Waals surface area contributed by atoms with E-state index in [4.69, 9.17) is 14.9 Å². The summed E-state index contributed by atoms with van der Waals surface area (Å²) < 4.78 is 4.92. The molecule has 1 aliphatic heterocycles. The molecule has 1 aliphatic rings. The minimum atomic E-state index is -2.69. The van der Waals surface area contributed by atoms with Gasteiger partial charge in [0.2, 0.25) is 0 Å². The summed E-state index contributed by atoms with van der Waals surface area (Å²) in [6, 6.07) is -1.01. The predicted molar refractivity (Wildman–Crippen MR) is 64.3 cm³/mol. The van der Waals surface area contributed by atoms with Crippen LogP contribution in [0.25, 0.3) is 0 Å². The Morgan fingerprint density at radius 3 is 2.60 bits per heavy atom. The van der Waals surface area contributed by atoms with E-state index >= 15 is 0 Å². The first kappa shape index (κ1) is 16.8. The molecular formula is C11H19NO8. The molecule has 0 saturated carbocycles. The van der Waals surface area contributed by atoms with E-state index in [0.717, 1.165) is 0 Å². The zero-order valence-corrected chi connectivity index (χ0v) is 10.6. The van der Waals surface area contributed by atoms with Gasteiger partial charge in [0, 0.05) is 6.42 Å². The van der Waals surface area contributed by atoms with E-state index < -0.39 is 55.2 Å². The number of hydrogen-bond donors (Lipinski definition) is 7. The van der Waals surface area contributed by atoms with Gasteiger partial charge in [0.25, 0.3) is 5.79 Å². The molecule has 0 bridgehead atoms. The number of carbonyl (C=O) groups is 1. The van der Waals surface area contributed by atoms with E-state index in [1.807, 2.05) is 0 Å². The summed E-state index contributed by atoms with van der Waals surface area (Å²) in [7, 11) is 0. The summed E-state index contributed by atoms with van der Waals surface area (Å²) in [5.41, 5.74) is 0. The second kappa shape index (κ2) is 6.48. The molecule has 1 unspecified atom stereocenters. The summed E-state index contributed by atoms with van der Waals surface area (Å²) in [6.07, 6.45) is -5.65. The number of aliphatic hydroxyl groups excluding tert-OH is 4. The van der Waals surface area contributed by atoms with Crippen molar-refractivity contribution in [2.45, 2.75) is 42.7 Å². The standard InChI is InChI=1S/C11H19NO8/c1-2-12-7-5(14)3-11(19,10(17)18)20-9(7)8(16)6(15)4-13/h2,5-9,12-16,19H,1,3-4H2,(H,17,18)/t5-,6+,7+,8+,9+,11?/m0/s1. The third kappa shape index (κ3) is 3.26. The quantitative estimate of drug-likeness (QED) is 0.266. The second-order valence-corrected chi connectivity index (χ2v) is 4.58. The molecule has 0 radical (unpaired) electrons. The van der Waals surface area contributed by atoms with Crippen molar-refractivity contribution in [3.63, 3.8) is 0 Å². The van der Waals surface area contributed by atoms with Crippen LogP contribution in [0.3, 0.4) is 0 Å². The number of carboxylic acid groups (broad SMARTS) is 1. The summed E-state index contributed by atoms with van der Waals surface area (Å²) >= 11 is 0. The predicted octanol–water partition coefficient (Wildman–Crippen LogP) is -3.27. The highest BCUT2D eigenvalue weighted by atomic mass is 16.7. The molecule has 9 nitrogen and oxygen atoms in total. The molecule has 0 spiro atoms. The zero-order chi connectivity index (χ0) is 15.5. The molecule has 20 heavy (non-hydrogen) atoms. The SMILES string of the molecule is C=CN[C@H]1[C@H]([C@H](O)[C@H](O)CO)OC(O)(C(=O)O)C[C@@H]1O. The van der Waals surface area contributed by atoms with Crippen LogP contribution in [-0.2, 0) is 9.53 Å². The number of nitrogens with one attached hydrogen (secondary N) is 1. The molecule has 116 valence electrons. The van der Waals surface area contributed by atoms with Crippen LogP contribution >= 0.6 is 0 Å². The summed E-state index contributed by atoms with van der Waals surface area (Å²) in [6.45, 7) is 2.57. The van der Waals surface area contributed by atoms with E-state index in [-0.39, 0.29) is 0 Å². The molecule has 0 amide bonds. The number of ether oxygens (including phenoxy) is 1. The third-order valence-electron chi connectivity index (χ3n) is 3.15. The first-order valence-corrected chi connectivity index (χ1v) is 5.92. The normalized spacial score (nSPS) is 37.0. The Balaban J connectivity index is 3.03. The van der Waals surface area contributed by atoms with Crippen LogP contribution < -0.4 is 5.32 Å². The van der Waals surface area contributed by atoms with E-state index in [0.29, 0.717) is 0 Å². The van der Waals surface area contributed by atoms with Crippen molar-refractivity contribution < 1.29 is 40.2 Å². The summed E-state index contributed by atoms with van der Waals surface area (Å²) in [4.78, 5) is 11.0. The van der Waals surface area contributed by atoms with E-state index in [9.17, 15) is 25.2 Å². The van der Waals surface area contributed by atoms with Gasteiger partial charge in [-0.25, -0.2) is 4.79 Å².